The Labute approximate surface area is 99.4 Å². The normalized spacial score (nSPS) is 24.6. The zero-order valence-corrected chi connectivity index (χ0v) is 10.7. The second-order valence-electron chi connectivity index (χ2n) is 4.74. The summed E-state index contributed by atoms with van der Waals surface area (Å²) in [5.41, 5.74) is 4.82. The fraction of sp³-hybridized carbons (Fsp3) is 0.500. The lowest BCUT2D eigenvalue weighted by atomic mass is 9.83. The van der Waals surface area contributed by atoms with Crippen molar-refractivity contribution in [2.45, 2.75) is 46.0 Å². The number of fused-ring (bicyclic) bond motifs is 1. The van der Waals surface area contributed by atoms with Gasteiger partial charge < -0.3 is 0 Å². The zero-order chi connectivity index (χ0) is 11.5. The van der Waals surface area contributed by atoms with Gasteiger partial charge in [-0.15, -0.1) is 0 Å². The first-order valence-electron chi connectivity index (χ1n) is 6.54. The van der Waals surface area contributed by atoms with E-state index in [-0.39, 0.29) is 0 Å². The van der Waals surface area contributed by atoms with Crippen LogP contribution in [0.25, 0.3) is 0 Å². The first kappa shape index (κ1) is 11.4. The molecule has 1 aromatic rings. The molecule has 2 atom stereocenters. The fourth-order valence-electron chi connectivity index (χ4n) is 3.25. The largest absolute Gasteiger partial charge is 0.0882 e. The summed E-state index contributed by atoms with van der Waals surface area (Å²) in [7, 11) is 0. The standard InChI is InChI=1S/C16H22/c1-4-12(5-2)16-11-13-9-7-8-10-15(13)14(16)6-3/h4,7-10,14,16H,5-6,11H2,1-3H3/b12-4-. The minimum absolute atomic E-state index is 0.752. The molecule has 0 fully saturated rings. The molecule has 0 heterocycles. The molecule has 1 aromatic carbocycles. The summed E-state index contributed by atoms with van der Waals surface area (Å²) in [5, 5.41) is 0. The number of hydrogen-bond donors (Lipinski definition) is 0. The van der Waals surface area contributed by atoms with E-state index in [0.717, 1.165) is 11.8 Å². The molecular weight excluding hydrogens is 192 g/mol. The SMILES string of the molecule is C/C=C(/CC)C1Cc2ccccc2C1CC. The maximum atomic E-state index is 2.33. The molecule has 0 nitrogen and oxygen atoms in total. The minimum Gasteiger partial charge on any atom is -0.0882 e. The van der Waals surface area contributed by atoms with Crippen LogP contribution in [0.4, 0.5) is 0 Å². The Bertz CT molecular complexity index is 387. The van der Waals surface area contributed by atoms with Crippen molar-refractivity contribution < 1.29 is 0 Å². The molecule has 0 saturated carbocycles. The smallest absolute Gasteiger partial charge is 0.00930 e. The summed E-state index contributed by atoms with van der Waals surface area (Å²) >= 11 is 0. The molecule has 0 aromatic heterocycles. The minimum atomic E-state index is 0.752. The van der Waals surface area contributed by atoms with E-state index >= 15 is 0 Å². The molecule has 0 spiro atoms. The summed E-state index contributed by atoms with van der Waals surface area (Å²) in [6.45, 7) is 6.79. The monoisotopic (exact) mass is 214 g/mol. The van der Waals surface area contributed by atoms with E-state index in [1.165, 1.54) is 19.3 Å². The van der Waals surface area contributed by atoms with Crippen molar-refractivity contribution >= 4 is 0 Å². The van der Waals surface area contributed by atoms with Gasteiger partial charge in [-0.25, -0.2) is 0 Å². The van der Waals surface area contributed by atoms with Crippen LogP contribution in [0.15, 0.2) is 35.9 Å². The third-order valence-corrected chi connectivity index (χ3v) is 4.08. The lowest BCUT2D eigenvalue weighted by molar-refractivity contribution is 0.498. The van der Waals surface area contributed by atoms with Crippen molar-refractivity contribution in [1.82, 2.24) is 0 Å². The molecule has 0 bridgehead atoms. The van der Waals surface area contributed by atoms with Gasteiger partial charge in [-0.3, -0.25) is 0 Å². The second-order valence-corrected chi connectivity index (χ2v) is 4.74. The predicted octanol–water partition coefficient (Wildman–Crippen LogP) is 4.71. The van der Waals surface area contributed by atoms with Gasteiger partial charge >= 0.3 is 0 Å². The Morgan fingerprint density at radius 3 is 2.69 bits per heavy atom. The van der Waals surface area contributed by atoms with Crippen LogP contribution in [-0.2, 0) is 6.42 Å². The molecule has 0 amide bonds. The van der Waals surface area contributed by atoms with E-state index < -0.39 is 0 Å². The highest BCUT2D eigenvalue weighted by Gasteiger charge is 2.31. The Morgan fingerprint density at radius 1 is 1.31 bits per heavy atom. The van der Waals surface area contributed by atoms with Gasteiger partial charge in [-0.1, -0.05) is 49.8 Å². The van der Waals surface area contributed by atoms with Crippen molar-refractivity contribution in [2.75, 3.05) is 0 Å². The van der Waals surface area contributed by atoms with Crippen LogP contribution < -0.4 is 0 Å². The van der Waals surface area contributed by atoms with Crippen molar-refractivity contribution in [3.05, 3.63) is 47.0 Å². The van der Waals surface area contributed by atoms with Crippen LogP contribution in [0.2, 0.25) is 0 Å². The molecular formula is C16H22. The Morgan fingerprint density at radius 2 is 2.06 bits per heavy atom. The maximum absolute atomic E-state index is 2.33. The first-order chi connectivity index (χ1) is 7.81. The van der Waals surface area contributed by atoms with Gasteiger partial charge in [0.15, 0.2) is 0 Å². The molecule has 16 heavy (non-hydrogen) atoms. The average molecular weight is 214 g/mol. The fourth-order valence-corrected chi connectivity index (χ4v) is 3.25. The van der Waals surface area contributed by atoms with E-state index in [0.29, 0.717) is 0 Å². The first-order valence-corrected chi connectivity index (χ1v) is 6.54. The zero-order valence-electron chi connectivity index (χ0n) is 10.7. The second kappa shape index (κ2) is 4.86. The highest BCUT2D eigenvalue weighted by Crippen LogP contribution is 2.44. The summed E-state index contributed by atoms with van der Waals surface area (Å²) in [5.74, 6) is 1.51. The van der Waals surface area contributed by atoms with E-state index in [1.54, 1.807) is 16.7 Å². The highest BCUT2D eigenvalue weighted by atomic mass is 14.4. The van der Waals surface area contributed by atoms with Gasteiger partial charge in [0.05, 0.1) is 0 Å². The van der Waals surface area contributed by atoms with Crippen LogP contribution >= 0.6 is 0 Å². The van der Waals surface area contributed by atoms with Gasteiger partial charge in [0.25, 0.3) is 0 Å². The van der Waals surface area contributed by atoms with Crippen LogP contribution in [0.1, 0.15) is 50.7 Å². The van der Waals surface area contributed by atoms with Crippen LogP contribution in [-0.4, -0.2) is 0 Å². The molecule has 0 radical (unpaired) electrons. The molecule has 0 saturated heterocycles. The van der Waals surface area contributed by atoms with Crippen molar-refractivity contribution in [3.8, 4) is 0 Å². The Hall–Kier alpha value is -1.04. The Balaban J connectivity index is 2.34. The van der Waals surface area contributed by atoms with Crippen molar-refractivity contribution in [2.24, 2.45) is 5.92 Å². The molecule has 0 aliphatic heterocycles. The van der Waals surface area contributed by atoms with Crippen molar-refractivity contribution in [3.63, 3.8) is 0 Å². The molecule has 86 valence electrons. The Kier molecular flexibility index (Phi) is 3.48. The lowest BCUT2D eigenvalue weighted by Crippen LogP contribution is -2.09. The van der Waals surface area contributed by atoms with Crippen LogP contribution in [0.3, 0.4) is 0 Å². The van der Waals surface area contributed by atoms with Crippen molar-refractivity contribution in [1.29, 1.82) is 0 Å². The molecule has 0 N–H and O–H groups in total. The molecule has 2 unspecified atom stereocenters. The quantitative estimate of drug-likeness (QED) is 0.639. The lowest BCUT2D eigenvalue weighted by Gasteiger charge is -2.21. The van der Waals surface area contributed by atoms with E-state index in [9.17, 15) is 0 Å². The molecule has 0 heteroatoms. The van der Waals surface area contributed by atoms with Gasteiger partial charge in [0.1, 0.15) is 0 Å². The van der Waals surface area contributed by atoms with Gasteiger partial charge in [-0.2, -0.15) is 0 Å². The predicted molar refractivity (Wildman–Crippen MR) is 70.7 cm³/mol. The maximum Gasteiger partial charge on any atom is -0.00930 e. The average Bonchev–Trinajstić information content (AvgIpc) is 2.69. The number of benzene rings is 1. The highest BCUT2D eigenvalue weighted by molar-refractivity contribution is 5.39. The van der Waals surface area contributed by atoms with E-state index in [4.69, 9.17) is 0 Å². The molecule has 2 rings (SSSR count). The third-order valence-electron chi connectivity index (χ3n) is 4.08. The summed E-state index contributed by atoms with van der Waals surface area (Å²) in [6.07, 6.45) is 6.05. The van der Waals surface area contributed by atoms with Gasteiger partial charge in [0.2, 0.25) is 0 Å². The summed E-state index contributed by atoms with van der Waals surface area (Å²) in [4.78, 5) is 0. The summed E-state index contributed by atoms with van der Waals surface area (Å²) < 4.78 is 0. The topological polar surface area (TPSA) is 0 Å². The van der Waals surface area contributed by atoms with Gasteiger partial charge in [-0.05, 0) is 49.1 Å². The van der Waals surface area contributed by atoms with Crippen LogP contribution in [0.5, 0.6) is 0 Å². The van der Waals surface area contributed by atoms with Crippen LogP contribution in [0, 0.1) is 5.92 Å². The third kappa shape index (κ3) is 1.81. The number of rotatable bonds is 3. The van der Waals surface area contributed by atoms with E-state index in [1.807, 2.05) is 0 Å². The number of hydrogen-bond acceptors (Lipinski definition) is 0. The van der Waals surface area contributed by atoms with E-state index in [2.05, 4.69) is 51.1 Å². The molecule has 1 aliphatic rings. The number of allylic oxidation sites excluding steroid dienone is 2. The van der Waals surface area contributed by atoms with Gasteiger partial charge in [0, 0.05) is 0 Å². The summed E-state index contributed by atoms with van der Waals surface area (Å²) in [6, 6.07) is 8.99. The molecule has 1 aliphatic carbocycles.